The molecule has 2 aliphatic rings. The van der Waals surface area contributed by atoms with Crippen molar-refractivity contribution < 1.29 is 4.74 Å². The largest absolute Gasteiger partial charge is 0.378 e. The Labute approximate surface area is 210 Å². The first-order chi connectivity index (χ1) is 17.3. The van der Waals surface area contributed by atoms with Crippen molar-refractivity contribution in [2.75, 3.05) is 36.1 Å². The molecule has 6 nitrogen and oxygen atoms in total. The van der Waals surface area contributed by atoms with Crippen LogP contribution >= 0.6 is 12.2 Å². The summed E-state index contributed by atoms with van der Waals surface area (Å²) in [5, 5.41) is 4.27. The Balaban J connectivity index is 1.41. The summed E-state index contributed by atoms with van der Waals surface area (Å²) in [5.41, 5.74) is 5.50. The van der Waals surface area contributed by atoms with E-state index in [0.717, 1.165) is 49.1 Å². The molecular weight excluding hydrogens is 454 g/mol. The number of thiocarbonyl (C=S) groups is 1. The Kier molecular flexibility index (Phi) is 5.94. The van der Waals surface area contributed by atoms with Gasteiger partial charge in [0, 0.05) is 48.2 Å². The standard InChI is InChI=1S/C28H27N5OS/c35-28-30-26(24-9-4-5-15-29-24)27(25-10-6-16-32(25)22-7-2-1-3-8-22)33(28)23-13-11-21(12-14-23)31-17-19-34-20-18-31/h1-16,26-27H,17-20H2,(H,30,35)/t26-,27-/m1/s1. The summed E-state index contributed by atoms with van der Waals surface area (Å²) in [6, 6.07) is 29.3. The van der Waals surface area contributed by atoms with E-state index in [1.54, 1.807) is 0 Å². The van der Waals surface area contributed by atoms with Crippen LogP contribution in [0.4, 0.5) is 11.4 Å². The van der Waals surface area contributed by atoms with Crippen molar-refractivity contribution in [2.24, 2.45) is 0 Å². The Morgan fingerprint density at radius 1 is 0.800 bits per heavy atom. The number of para-hydroxylation sites is 1. The number of anilines is 2. The summed E-state index contributed by atoms with van der Waals surface area (Å²) in [7, 11) is 0. The van der Waals surface area contributed by atoms with E-state index in [1.165, 1.54) is 5.69 Å². The molecule has 1 N–H and O–H groups in total. The lowest BCUT2D eigenvalue weighted by atomic mass is 10.0. The second-order valence-corrected chi connectivity index (χ2v) is 9.14. The third-order valence-corrected chi connectivity index (χ3v) is 7.03. The van der Waals surface area contributed by atoms with Gasteiger partial charge in [-0.1, -0.05) is 24.3 Å². The Bertz CT molecular complexity index is 1290. The van der Waals surface area contributed by atoms with Crippen LogP contribution in [0.2, 0.25) is 0 Å². The molecule has 0 saturated carbocycles. The van der Waals surface area contributed by atoms with E-state index in [-0.39, 0.29) is 12.1 Å². The lowest BCUT2D eigenvalue weighted by Crippen LogP contribution is -2.36. The van der Waals surface area contributed by atoms with Gasteiger partial charge in [-0.3, -0.25) is 4.98 Å². The van der Waals surface area contributed by atoms with Crippen LogP contribution in [-0.4, -0.2) is 41.0 Å². The van der Waals surface area contributed by atoms with Gasteiger partial charge in [0.05, 0.1) is 24.9 Å². The number of nitrogens with zero attached hydrogens (tertiary/aromatic N) is 4. The van der Waals surface area contributed by atoms with Crippen molar-refractivity contribution in [3.05, 3.63) is 109 Å². The normalized spacial score (nSPS) is 20.2. The minimum Gasteiger partial charge on any atom is -0.378 e. The van der Waals surface area contributed by atoms with Crippen molar-refractivity contribution in [3.63, 3.8) is 0 Å². The number of pyridine rings is 1. The van der Waals surface area contributed by atoms with Crippen LogP contribution in [0.5, 0.6) is 0 Å². The zero-order valence-corrected chi connectivity index (χ0v) is 20.1. The molecule has 0 unspecified atom stereocenters. The van der Waals surface area contributed by atoms with E-state index < -0.39 is 0 Å². The first kappa shape index (κ1) is 21.8. The molecule has 2 saturated heterocycles. The molecule has 2 aromatic heterocycles. The maximum atomic E-state index is 5.92. The van der Waals surface area contributed by atoms with Gasteiger partial charge in [0.25, 0.3) is 0 Å². The van der Waals surface area contributed by atoms with Gasteiger partial charge in [-0.25, -0.2) is 0 Å². The van der Waals surface area contributed by atoms with Gasteiger partial charge < -0.3 is 24.4 Å². The van der Waals surface area contributed by atoms with E-state index in [0.29, 0.717) is 5.11 Å². The molecule has 7 heteroatoms. The van der Waals surface area contributed by atoms with Crippen LogP contribution < -0.4 is 15.1 Å². The first-order valence-corrected chi connectivity index (χ1v) is 12.4. The number of hydrogen-bond donors (Lipinski definition) is 1. The molecule has 0 amide bonds. The van der Waals surface area contributed by atoms with Crippen LogP contribution in [0.25, 0.3) is 5.69 Å². The Hall–Kier alpha value is -3.68. The summed E-state index contributed by atoms with van der Waals surface area (Å²) < 4.78 is 7.76. The molecule has 35 heavy (non-hydrogen) atoms. The van der Waals surface area contributed by atoms with Crippen molar-refractivity contribution in [1.82, 2.24) is 14.9 Å². The zero-order chi connectivity index (χ0) is 23.6. The van der Waals surface area contributed by atoms with E-state index >= 15 is 0 Å². The molecule has 6 rings (SSSR count). The molecule has 176 valence electrons. The third kappa shape index (κ3) is 4.17. The minimum atomic E-state index is -0.0833. The van der Waals surface area contributed by atoms with Crippen molar-refractivity contribution in [1.29, 1.82) is 0 Å². The fraction of sp³-hybridized carbons (Fsp3) is 0.214. The predicted molar refractivity (Wildman–Crippen MR) is 143 cm³/mol. The SMILES string of the molecule is S=C1N[C@H](c2ccccn2)[C@@H](c2cccn2-c2ccccc2)N1c1ccc(N2CCOCC2)cc1. The van der Waals surface area contributed by atoms with Crippen LogP contribution in [0.1, 0.15) is 23.5 Å². The quantitative estimate of drug-likeness (QED) is 0.410. The van der Waals surface area contributed by atoms with Gasteiger partial charge in [-0.05, 0) is 72.9 Å². The fourth-order valence-corrected chi connectivity index (χ4v) is 5.38. The van der Waals surface area contributed by atoms with Crippen LogP contribution in [-0.2, 0) is 4.74 Å². The van der Waals surface area contributed by atoms with Gasteiger partial charge in [0.15, 0.2) is 5.11 Å². The smallest absolute Gasteiger partial charge is 0.174 e. The zero-order valence-electron chi connectivity index (χ0n) is 19.3. The highest BCUT2D eigenvalue weighted by Gasteiger charge is 2.42. The van der Waals surface area contributed by atoms with Gasteiger partial charge in [0.1, 0.15) is 6.04 Å². The average molecular weight is 482 g/mol. The van der Waals surface area contributed by atoms with Crippen molar-refractivity contribution in [2.45, 2.75) is 12.1 Å². The topological polar surface area (TPSA) is 45.6 Å². The summed E-state index contributed by atoms with van der Waals surface area (Å²) in [6.07, 6.45) is 3.95. The number of nitrogens with one attached hydrogen (secondary N) is 1. The van der Waals surface area contributed by atoms with Gasteiger partial charge in [-0.15, -0.1) is 0 Å². The fourth-order valence-electron chi connectivity index (χ4n) is 5.04. The molecule has 4 heterocycles. The highest BCUT2D eigenvalue weighted by atomic mass is 32.1. The second-order valence-electron chi connectivity index (χ2n) is 8.75. The summed E-state index contributed by atoms with van der Waals surface area (Å²) >= 11 is 5.92. The second kappa shape index (κ2) is 9.52. The number of ether oxygens (including phenoxy) is 1. The number of morpholine rings is 1. The van der Waals surface area contributed by atoms with E-state index in [9.17, 15) is 0 Å². The lowest BCUT2D eigenvalue weighted by molar-refractivity contribution is 0.122. The molecule has 0 radical (unpaired) electrons. The average Bonchev–Trinajstić information content (AvgIpc) is 3.55. The van der Waals surface area contributed by atoms with Crippen LogP contribution in [0.15, 0.2) is 97.3 Å². The first-order valence-electron chi connectivity index (χ1n) is 12.0. The number of rotatable bonds is 5. The van der Waals surface area contributed by atoms with Gasteiger partial charge in [0.2, 0.25) is 0 Å². The monoisotopic (exact) mass is 481 g/mol. The molecule has 0 aliphatic carbocycles. The molecule has 2 atom stereocenters. The number of aromatic nitrogens is 2. The number of benzene rings is 2. The predicted octanol–water partition coefficient (Wildman–Crippen LogP) is 4.89. The summed E-state index contributed by atoms with van der Waals surface area (Å²) in [6.45, 7) is 3.37. The molecule has 0 spiro atoms. The van der Waals surface area contributed by atoms with Crippen molar-refractivity contribution >= 4 is 28.7 Å². The summed E-state index contributed by atoms with van der Waals surface area (Å²) in [5.74, 6) is 0. The van der Waals surface area contributed by atoms with E-state index in [1.807, 2.05) is 24.4 Å². The van der Waals surface area contributed by atoms with E-state index in [2.05, 4.69) is 97.6 Å². The molecule has 0 bridgehead atoms. The highest BCUT2D eigenvalue weighted by Crippen LogP contribution is 2.42. The minimum absolute atomic E-state index is 0.0677. The van der Waals surface area contributed by atoms with E-state index in [4.69, 9.17) is 17.0 Å². The molecule has 2 aromatic carbocycles. The highest BCUT2D eigenvalue weighted by molar-refractivity contribution is 7.80. The van der Waals surface area contributed by atoms with Crippen LogP contribution in [0, 0.1) is 0 Å². The molecular formula is C28H27N5OS. The Morgan fingerprint density at radius 2 is 1.54 bits per heavy atom. The Morgan fingerprint density at radius 3 is 2.29 bits per heavy atom. The lowest BCUT2D eigenvalue weighted by Gasteiger charge is -2.31. The molecule has 2 aliphatic heterocycles. The maximum Gasteiger partial charge on any atom is 0.174 e. The van der Waals surface area contributed by atoms with Crippen molar-refractivity contribution in [3.8, 4) is 5.69 Å². The third-order valence-electron chi connectivity index (χ3n) is 6.72. The number of hydrogen-bond acceptors (Lipinski definition) is 4. The van der Waals surface area contributed by atoms with Crippen LogP contribution in [0.3, 0.4) is 0 Å². The van der Waals surface area contributed by atoms with Gasteiger partial charge in [-0.2, -0.15) is 0 Å². The maximum absolute atomic E-state index is 5.92. The molecule has 4 aromatic rings. The molecule has 2 fully saturated rings. The summed E-state index contributed by atoms with van der Waals surface area (Å²) in [4.78, 5) is 9.28. The van der Waals surface area contributed by atoms with Gasteiger partial charge >= 0.3 is 0 Å².